The highest BCUT2D eigenvalue weighted by atomic mass is 32.2. The number of carboxylic acid groups (broad SMARTS) is 1. The molecule has 3 rings (SSSR count). The SMILES string of the molecule is CCCCC1(CC)CN(c2ccccc2)c2cc(SC)c(O/C=C\C(=O)O)cc2S(=O)(=O)C1. The molecule has 0 saturated carbocycles. The molecule has 8 heteroatoms. The average Bonchev–Trinajstić information content (AvgIpc) is 2.90. The van der Waals surface area contributed by atoms with E-state index in [1.807, 2.05) is 42.7 Å². The topological polar surface area (TPSA) is 83.9 Å². The van der Waals surface area contributed by atoms with Gasteiger partial charge in [-0.1, -0.05) is 44.9 Å². The molecule has 1 heterocycles. The fraction of sp³-hybridized carbons (Fsp3) is 0.400. The van der Waals surface area contributed by atoms with E-state index >= 15 is 0 Å². The van der Waals surface area contributed by atoms with Crippen LogP contribution in [0.25, 0.3) is 0 Å². The Labute approximate surface area is 200 Å². The number of aliphatic carboxylic acids is 1. The summed E-state index contributed by atoms with van der Waals surface area (Å²) in [6.45, 7) is 4.80. The van der Waals surface area contributed by atoms with Gasteiger partial charge in [0.25, 0.3) is 0 Å². The zero-order chi connectivity index (χ0) is 24.1. The number of fused-ring (bicyclic) bond motifs is 1. The molecular formula is C25H31NO5S2. The van der Waals surface area contributed by atoms with E-state index in [1.54, 1.807) is 6.07 Å². The number of ether oxygens (including phenoxy) is 1. The smallest absolute Gasteiger partial charge is 0.331 e. The van der Waals surface area contributed by atoms with Crippen molar-refractivity contribution in [3.63, 3.8) is 0 Å². The number of thioether (sulfide) groups is 1. The third-order valence-corrected chi connectivity index (χ3v) is 8.89. The lowest BCUT2D eigenvalue weighted by Gasteiger charge is -2.36. The lowest BCUT2D eigenvalue weighted by Crippen LogP contribution is -2.37. The van der Waals surface area contributed by atoms with Crippen molar-refractivity contribution in [3.05, 3.63) is 54.8 Å². The van der Waals surface area contributed by atoms with Crippen LogP contribution in [0.1, 0.15) is 39.5 Å². The number of hydrogen-bond donors (Lipinski definition) is 1. The van der Waals surface area contributed by atoms with E-state index in [2.05, 4.69) is 18.7 Å². The number of nitrogens with zero attached hydrogens (tertiary/aromatic N) is 1. The van der Waals surface area contributed by atoms with Crippen LogP contribution in [0.15, 0.2) is 64.6 Å². The summed E-state index contributed by atoms with van der Waals surface area (Å²) in [5, 5.41) is 8.87. The molecule has 0 bridgehead atoms. The van der Waals surface area contributed by atoms with Crippen LogP contribution in [-0.4, -0.2) is 38.0 Å². The molecule has 1 atom stereocenters. The number of anilines is 2. The lowest BCUT2D eigenvalue weighted by molar-refractivity contribution is -0.131. The summed E-state index contributed by atoms with van der Waals surface area (Å²) in [6.07, 6.45) is 7.38. The molecule has 6 nitrogen and oxygen atoms in total. The molecular weight excluding hydrogens is 458 g/mol. The summed E-state index contributed by atoms with van der Waals surface area (Å²) in [5.74, 6) is -0.745. The van der Waals surface area contributed by atoms with Crippen molar-refractivity contribution in [3.8, 4) is 5.75 Å². The molecule has 0 aromatic heterocycles. The molecule has 0 radical (unpaired) electrons. The molecule has 33 heavy (non-hydrogen) atoms. The molecule has 2 aromatic rings. The van der Waals surface area contributed by atoms with Gasteiger partial charge < -0.3 is 14.7 Å². The minimum absolute atomic E-state index is 0.0653. The van der Waals surface area contributed by atoms with E-state index in [9.17, 15) is 13.2 Å². The molecule has 2 aromatic carbocycles. The molecule has 1 N–H and O–H groups in total. The van der Waals surface area contributed by atoms with Crippen molar-refractivity contribution in [1.82, 2.24) is 0 Å². The van der Waals surface area contributed by atoms with Crippen molar-refractivity contribution in [2.75, 3.05) is 23.5 Å². The van der Waals surface area contributed by atoms with E-state index in [4.69, 9.17) is 9.84 Å². The summed E-state index contributed by atoms with van der Waals surface area (Å²) in [6, 6.07) is 13.3. The van der Waals surface area contributed by atoms with Crippen LogP contribution in [0.4, 0.5) is 11.4 Å². The summed E-state index contributed by atoms with van der Waals surface area (Å²) >= 11 is 1.42. The first kappa shape index (κ1) is 25.2. The second-order valence-corrected chi connectivity index (χ2v) is 11.2. The van der Waals surface area contributed by atoms with Gasteiger partial charge in [0.15, 0.2) is 9.84 Å². The van der Waals surface area contributed by atoms with Gasteiger partial charge in [-0.05, 0) is 37.3 Å². The van der Waals surface area contributed by atoms with Crippen LogP contribution < -0.4 is 9.64 Å². The van der Waals surface area contributed by atoms with Crippen LogP contribution in [0.5, 0.6) is 5.75 Å². The lowest BCUT2D eigenvalue weighted by atomic mass is 9.81. The van der Waals surface area contributed by atoms with Gasteiger partial charge in [0.1, 0.15) is 5.75 Å². The Balaban J connectivity index is 2.22. The second kappa shape index (κ2) is 10.7. The van der Waals surface area contributed by atoms with Gasteiger partial charge in [0, 0.05) is 23.7 Å². The Morgan fingerprint density at radius 1 is 1.24 bits per heavy atom. The molecule has 1 unspecified atom stereocenters. The molecule has 1 aliphatic heterocycles. The number of benzene rings is 2. The Morgan fingerprint density at radius 3 is 2.58 bits per heavy atom. The first-order valence-corrected chi connectivity index (χ1v) is 14.0. The molecule has 0 spiro atoms. The Bertz CT molecular complexity index is 1120. The molecule has 178 valence electrons. The Kier molecular flexibility index (Phi) is 8.13. The van der Waals surface area contributed by atoms with Crippen LogP contribution in [0.2, 0.25) is 0 Å². The van der Waals surface area contributed by atoms with E-state index in [1.165, 1.54) is 11.8 Å². The van der Waals surface area contributed by atoms with Gasteiger partial charge in [-0.3, -0.25) is 0 Å². The molecule has 0 saturated heterocycles. The number of carboxylic acids is 1. The first-order valence-electron chi connectivity index (χ1n) is 11.1. The number of unbranched alkanes of at least 4 members (excludes halogenated alkanes) is 1. The normalized spacial score (nSPS) is 19.8. The zero-order valence-corrected chi connectivity index (χ0v) is 20.9. The summed E-state index contributed by atoms with van der Waals surface area (Å²) in [7, 11) is -3.63. The molecule has 0 aliphatic carbocycles. The minimum Gasteiger partial charge on any atom is -0.478 e. The third kappa shape index (κ3) is 5.73. The predicted molar refractivity (Wildman–Crippen MR) is 133 cm³/mol. The summed E-state index contributed by atoms with van der Waals surface area (Å²) < 4.78 is 33.0. The highest BCUT2D eigenvalue weighted by Crippen LogP contribution is 2.47. The van der Waals surface area contributed by atoms with Gasteiger partial charge in [-0.15, -0.1) is 11.8 Å². The number of para-hydroxylation sites is 1. The van der Waals surface area contributed by atoms with Crippen molar-refractivity contribution in [1.29, 1.82) is 0 Å². The number of sulfone groups is 1. The Hall–Kier alpha value is -2.45. The predicted octanol–water partition coefficient (Wildman–Crippen LogP) is 5.90. The molecule has 0 amide bonds. The Morgan fingerprint density at radius 2 is 1.97 bits per heavy atom. The number of carbonyl (C=O) groups is 1. The van der Waals surface area contributed by atoms with Gasteiger partial charge >= 0.3 is 5.97 Å². The van der Waals surface area contributed by atoms with E-state index < -0.39 is 15.8 Å². The van der Waals surface area contributed by atoms with Gasteiger partial charge in [0.05, 0.1) is 33.6 Å². The number of rotatable bonds is 9. The second-order valence-electron chi connectivity index (χ2n) is 8.37. The minimum atomic E-state index is -3.63. The van der Waals surface area contributed by atoms with Crippen LogP contribution in [0.3, 0.4) is 0 Å². The maximum Gasteiger partial charge on any atom is 0.331 e. The fourth-order valence-corrected chi connectivity index (χ4v) is 7.00. The summed E-state index contributed by atoms with van der Waals surface area (Å²) in [4.78, 5) is 13.9. The van der Waals surface area contributed by atoms with Crippen molar-refractivity contribution >= 4 is 38.9 Å². The summed E-state index contributed by atoms with van der Waals surface area (Å²) in [5.41, 5.74) is 1.19. The van der Waals surface area contributed by atoms with Crippen LogP contribution >= 0.6 is 11.8 Å². The average molecular weight is 490 g/mol. The maximum atomic E-state index is 13.7. The van der Waals surface area contributed by atoms with Crippen LogP contribution in [-0.2, 0) is 14.6 Å². The quantitative estimate of drug-likeness (QED) is 0.267. The third-order valence-electron chi connectivity index (χ3n) is 6.14. The highest BCUT2D eigenvalue weighted by Gasteiger charge is 2.41. The van der Waals surface area contributed by atoms with Crippen LogP contribution in [0, 0.1) is 5.41 Å². The fourth-order valence-electron chi connectivity index (χ4n) is 4.29. The van der Waals surface area contributed by atoms with Crippen molar-refractivity contribution in [2.24, 2.45) is 5.41 Å². The van der Waals surface area contributed by atoms with Crippen molar-refractivity contribution < 1.29 is 23.1 Å². The highest BCUT2D eigenvalue weighted by molar-refractivity contribution is 7.98. The molecule has 1 aliphatic rings. The zero-order valence-electron chi connectivity index (χ0n) is 19.3. The number of hydrogen-bond acceptors (Lipinski definition) is 6. The van der Waals surface area contributed by atoms with Crippen molar-refractivity contribution in [2.45, 2.75) is 49.3 Å². The first-order chi connectivity index (χ1) is 15.7. The molecule has 0 fully saturated rings. The van der Waals surface area contributed by atoms with E-state index in [0.29, 0.717) is 18.0 Å². The van der Waals surface area contributed by atoms with E-state index in [-0.39, 0.29) is 16.1 Å². The van der Waals surface area contributed by atoms with Gasteiger partial charge in [0.2, 0.25) is 0 Å². The maximum absolute atomic E-state index is 13.7. The van der Waals surface area contributed by atoms with E-state index in [0.717, 1.165) is 48.6 Å². The standard InChI is InChI=1S/C25H31NO5S2/c1-4-6-13-25(5-2)17-26(19-10-8-7-9-11-19)20-15-22(32-3)21(31-14-12-24(27)28)16-23(20)33(29,30)18-25/h7-12,14-16H,4-6,13,17-18H2,1-3H3,(H,27,28)/b14-12-. The largest absolute Gasteiger partial charge is 0.478 e. The van der Waals surface area contributed by atoms with Gasteiger partial charge in [-0.25, -0.2) is 13.2 Å². The monoisotopic (exact) mass is 489 g/mol. The van der Waals surface area contributed by atoms with Gasteiger partial charge in [-0.2, -0.15) is 0 Å².